The quantitative estimate of drug-likeness (QED) is 0.457. The van der Waals surface area contributed by atoms with Crippen LogP contribution in [-0.4, -0.2) is 40.5 Å². The van der Waals surface area contributed by atoms with Crippen molar-refractivity contribution in [1.82, 2.24) is 4.90 Å². The number of hydrogen-bond donors (Lipinski definition) is 3. The number of hydrogen-bond acceptors (Lipinski definition) is 3. The fourth-order valence-electron chi connectivity index (χ4n) is 0.675. The third-order valence-electron chi connectivity index (χ3n) is 1.21. The molecule has 2 amide bonds. The number of carbonyl (C=O) groups is 1. The van der Waals surface area contributed by atoms with E-state index in [0.29, 0.717) is 6.42 Å². The molecule has 0 aliphatic heterocycles. The van der Waals surface area contributed by atoms with Gasteiger partial charge in [0.15, 0.2) is 6.23 Å². The molecule has 1 radical (unpaired) electrons. The van der Waals surface area contributed by atoms with Crippen LogP contribution in [0.2, 0.25) is 0 Å². The fourth-order valence-corrected chi connectivity index (χ4v) is 0.675. The standard InChI is InChI=1S/C6H13N2O3/c1-2-3-8(6(7)11)5(10)4-9/h5,9-10H,1-4H2,(H2,7,11). The minimum Gasteiger partial charge on any atom is -0.392 e. The van der Waals surface area contributed by atoms with E-state index in [1.54, 1.807) is 0 Å². The zero-order valence-electron chi connectivity index (χ0n) is 6.23. The third-order valence-corrected chi connectivity index (χ3v) is 1.21. The number of nitrogens with zero attached hydrogens (tertiary/aromatic N) is 1. The predicted octanol–water partition coefficient (Wildman–Crippen LogP) is -1.10. The van der Waals surface area contributed by atoms with Crippen LogP contribution in [0.3, 0.4) is 0 Å². The van der Waals surface area contributed by atoms with Gasteiger partial charge in [0.05, 0.1) is 6.61 Å². The molecule has 0 aromatic carbocycles. The molecule has 0 aliphatic rings. The summed E-state index contributed by atoms with van der Waals surface area (Å²) in [5.74, 6) is 0. The lowest BCUT2D eigenvalue weighted by Gasteiger charge is -2.23. The summed E-state index contributed by atoms with van der Waals surface area (Å²) in [4.78, 5) is 11.5. The summed E-state index contributed by atoms with van der Waals surface area (Å²) in [7, 11) is 0. The Labute approximate surface area is 65.4 Å². The number of aliphatic hydroxyl groups is 2. The highest BCUT2D eigenvalue weighted by Gasteiger charge is 2.16. The fraction of sp³-hybridized carbons (Fsp3) is 0.667. The van der Waals surface area contributed by atoms with Gasteiger partial charge in [-0.25, -0.2) is 4.79 Å². The normalized spacial score (nSPS) is 12.6. The van der Waals surface area contributed by atoms with Crippen molar-refractivity contribution < 1.29 is 15.0 Å². The lowest BCUT2D eigenvalue weighted by atomic mass is 10.4. The summed E-state index contributed by atoms with van der Waals surface area (Å²) in [6.45, 7) is 3.22. The summed E-state index contributed by atoms with van der Waals surface area (Å²) in [5, 5.41) is 17.4. The first-order chi connectivity index (χ1) is 5.13. The highest BCUT2D eigenvalue weighted by Crippen LogP contribution is 1.96. The molecule has 1 unspecified atom stereocenters. The first kappa shape index (κ1) is 10.2. The van der Waals surface area contributed by atoms with Gasteiger partial charge in [0, 0.05) is 6.54 Å². The molecule has 11 heavy (non-hydrogen) atoms. The molecule has 0 bridgehead atoms. The van der Waals surface area contributed by atoms with Crippen molar-refractivity contribution in [3.05, 3.63) is 6.92 Å². The molecular formula is C6H13N2O3. The number of urea groups is 1. The Bertz CT molecular complexity index is 129. The largest absolute Gasteiger partial charge is 0.392 e. The van der Waals surface area contributed by atoms with Gasteiger partial charge in [-0.15, -0.1) is 0 Å². The smallest absolute Gasteiger partial charge is 0.316 e. The SMILES string of the molecule is [CH2]CCN(C(N)=O)C(O)CO. The first-order valence-corrected chi connectivity index (χ1v) is 3.27. The third kappa shape index (κ3) is 3.20. The second-order valence-corrected chi connectivity index (χ2v) is 2.05. The van der Waals surface area contributed by atoms with Gasteiger partial charge in [-0.2, -0.15) is 0 Å². The number of nitrogens with two attached hydrogens (primary N) is 1. The van der Waals surface area contributed by atoms with Crippen LogP contribution in [-0.2, 0) is 0 Å². The predicted molar refractivity (Wildman–Crippen MR) is 39.4 cm³/mol. The number of rotatable bonds is 4. The maximum Gasteiger partial charge on any atom is 0.316 e. The van der Waals surface area contributed by atoms with Crippen molar-refractivity contribution in [2.45, 2.75) is 12.6 Å². The maximum absolute atomic E-state index is 10.5. The van der Waals surface area contributed by atoms with E-state index < -0.39 is 18.9 Å². The molecule has 0 aromatic rings. The molecule has 0 aliphatic carbocycles. The summed E-state index contributed by atoms with van der Waals surface area (Å²) >= 11 is 0. The maximum atomic E-state index is 10.5. The molecule has 0 saturated carbocycles. The highest BCUT2D eigenvalue weighted by atomic mass is 16.3. The molecule has 1 atom stereocenters. The molecule has 65 valence electrons. The van der Waals surface area contributed by atoms with E-state index in [1.807, 2.05) is 0 Å². The first-order valence-electron chi connectivity index (χ1n) is 3.27. The van der Waals surface area contributed by atoms with Crippen molar-refractivity contribution in [1.29, 1.82) is 0 Å². The summed E-state index contributed by atoms with van der Waals surface area (Å²) in [5.41, 5.74) is 4.89. The number of amides is 2. The zero-order valence-corrected chi connectivity index (χ0v) is 6.23. The van der Waals surface area contributed by atoms with E-state index in [0.717, 1.165) is 4.90 Å². The van der Waals surface area contributed by atoms with Crippen LogP contribution >= 0.6 is 0 Å². The molecule has 0 aromatic heterocycles. The highest BCUT2D eigenvalue weighted by molar-refractivity contribution is 5.72. The lowest BCUT2D eigenvalue weighted by molar-refractivity contribution is -0.00793. The summed E-state index contributed by atoms with van der Waals surface area (Å²) in [6, 6.07) is -0.754. The van der Waals surface area contributed by atoms with Gasteiger partial charge >= 0.3 is 6.03 Å². The topological polar surface area (TPSA) is 86.8 Å². The summed E-state index contributed by atoms with van der Waals surface area (Å²) in [6.07, 6.45) is -0.769. The molecule has 0 saturated heterocycles. The van der Waals surface area contributed by atoms with Crippen LogP contribution in [0.15, 0.2) is 0 Å². The van der Waals surface area contributed by atoms with Gasteiger partial charge in [0.1, 0.15) is 0 Å². The average molecular weight is 161 g/mol. The van der Waals surface area contributed by atoms with Crippen LogP contribution in [0.1, 0.15) is 6.42 Å². The van der Waals surface area contributed by atoms with Crippen molar-refractivity contribution in [2.75, 3.05) is 13.2 Å². The lowest BCUT2D eigenvalue weighted by Crippen LogP contribution is -2.45. The Morgan fingerprint density at radius 3 is 2.55 bits per heavy atom. The van der Waals surface area contributed by atoms with E-state index in [1.165, 1.54) is 0 Å². The minimum atomic E-state index is -1.21. The van der Waals surface area contributed by atoms with Crippen molar-refractivity contribution in [3.63, 3.8) is 0 Å². The number of primary amides is 1. The van der Waals surface area contributed by atoms with Crippen LogP contribution in [0, 0.1) is 6.92 Å². The number of aliphatic hydroxyl groups excluding tert-OH is 2. The monoisotopic (exact) mass is 161 g/mol. The van der Waals surface area contributed by atoms with E-state index in [-0.39, 0.29) is 6.54 Å². The Kier molecular flexibility index (Phi) is 4.56. The molecule has 0 rings (SSSR count). The second-order valence-electron chi connectivity index (χ2n) is 2.05. The van der Waals surface area contributed by atoms with E-state index >= 15 is 0 Å². The van der Waals surface area contributed by atoms with E-state index in [9.17, 15) is 4.79 Å². The van der Waals surface area contributed by atoms with Crippen molar-refractivity contribution in [2.24, 2.45) is 5.73 Å². The van der Waals surface area contributed by atoms with E-state index in [4.69, 9.17) is 15.9 Å². The van der Waals surface area contributed by atoms with Crippen molar-refractivity contribution >= 4 is 6.03 Å². The van der Waals surface area contributed by atoms with Crippen LogP contribution in [0.4, 0.5) is 4.79 Å². The molecule has 0 fully saturated rings. The zero-order chi connectivity index (χ0) is 8.85. The van der Waals surface area contributed by atoms with Crippen molar-refractivity contribution in [3.8, 4) is 0 Å². The van der Waals surface area contributed by atoms with Crippen LogP contribution in [0.25, 0.3) is 0 Å². The summed E-state index contributed by atoms with van der Waals surface area (Å²) < 4.78 is 0. The van der Waals surface area contributed by atoms with Gasteiger partial charge < -0.3 is 15.9 Å². The average Bonchev–Trinajstić information content (AvgIpc) is 1.98. The van der Waals surface area contributed by atoms with Crippen LogP contribution in [0.5, 0.6) is 0 Å². The van der Waals surface area contributed by atoms with Gasteiger partial charge in [0.2, 0.25) is 0 Å². The minimum absolute atomic E-state index is 0.247. The Balaban J connectivity index is 3.97. The van der Waals surface area contributed by atoms with Gasteiger partial charge in [0.25, 0.3) is 0 Å². The molecule has 5 heteroatoms. The van der Waals surface area contributed by atoms with Gasteiger partial charge in [-0.1, -0.05) is 6.92 Å². The number of carbonyl (C=O) groups excluding carboxylic acids is 1. The second kappa shape index (κ2) is 4.92. The molecule has 0 heterocycles. The van der Waals surface area contributed by atoms with Gasteiger partial charge in [-0.3, -0.25) is 4.90 Å². The molecular weight excluding hydrogens is 148 g/mol. The molecule has 5 nitrogen and oxygen atoms in total. The van der Waals surface area contributed by atoms with Crippen LogP contribution < -0.4 is 5.73 Å². The Hall–Kier alpha value is -0.810. The Morgan fingerprint density at radius 1 is 1.73 bits per heavy atom. The van der Waals surface area contributed by atoms with E-state index in [2.05, 4.69) is 6.92 Å². The Morgan fingerprint density at radius 2 is 2.27 bits per heavy atom. The molecule has 4 N–H and O–H groups in total. The molecule has 0 spiro atoms. The van der Waals surface area contributed by atoms with Gasteiger partial charge in [-0.05, 0) is 6.42 Å².